The van der Waals surface area contributed by atoms with Gasteiger partial charge < -0.3 is 4.90 Å². The molecule has 1 saturated heterocycles. The molecule has 0 bridgehead atoms. The van der Waals surface area contributed by atoms with Crippen LogP contribution in [0.1, 0.15) is 36.5 Å². The highest BCUT2D eigenvalue weighted by atomic mass is 79.9. The lowest BCUT2D eigenvalue weighted by Crippen LogP contribution is -2.62. The highest BCUT2D eigenvalue weighted by Crippen LogP contribution is 2.51. The average Bonchev–Trinajstić information content (AvgIpc) is 3.10. The van der Waals surface area contributed by atoms with E-state index in [9.17, 15) is 4.79 Å². The molecule has 0 N–H and O–H groups in total. The number of anilines is 2. The van der Waals surface area contributed by atoms with Gasteiger partial charge >= 0.3 is 0 Å². The Morgan fingerprint density at radius 2 is 1.80 bits per heavy atom. The van der Waals surface area contributed by atoms with Crippen molar-refractivity contribution in [3.63, 3.8) is 0 Å². The quantitative estimate of drug-likeness (QED) is 0.387. The summed E-state index contributed by atoms with van der Waals surface area (Å²) in [5.41, 5.74) is 6.19. The van der Waals surface area contributed by atoms with Crippen LogP contribution in [0.5, 0.6) is 0 Å². The van der Waals surface area contributed by atoms with Crippen molar-refractivity contribution in [1.82, 2.24) is 0 Å². The summed E-state index contributed by atoms with van der Waals surface area (Å²) in [7, 11) is 0. The van der Waals surface area contributed by atoms with Crippen molar-refractivity contribution < 1.29 is 4.79 Å². The molecular formula is C30H30BrN3O. The van der Waals surface area contributed by atoms with Crippen molar-refractivity contribution in [1.29, 1.82) is 0 Å². The van der Waals surface area contributed by atoms with Crippen LogP contribution in [0.3, 0.4) is 0 Å². The molecule has 5 heteroatoms. The molecule has 35 heavy (non-hydrogen) atoms. The zero-order valence-electron chi connectivity index (χ0n) is 20.2. The summed E-state index contributed by atoms with van der Waals surface area (Å²) in [5, 5.41) is 6.57. The van der Waals surface area contributed by atoms with Crippen LogP contribution in [0.15, 0.2) is 82.4 Å². The number of nitrogens with zero attached hydrogens (tertiary/aromatic N) is 3. The van der Waals surface area contributed by atoms with Gasteiger partial charge in [0.25, 0.3) is 5.91 Å². The maximum absolute atomic E-state index is 14.4. The first-order valence-corrected chi connectivity index (χ1v) is 13.3. The number of amides is 1. The summed E-state index contributed by atoms with van der Waals surface area (Å²) in [6.45, 7) is 5.09. The van der Waals surface area contributed by atoms with E-state index in [1.165, 1.54) is 22.4 Å². The molecule has 178 valence electrons. The van der Waals surface area contributed by atoms with Crippen LogP contribution in [-0.4, -0.2) is 24.2 Å². The van der Waals surface area contributed by atoms with Gasteiger partial charge in [-0.1, -0.05) is 64.0 Å². The average molecular weight is 528 g/mol. The van der Waals surface area contributed by atoms with Gasteiger partial charge in [-0.3, -0.25) is 4.79 Å². The standard InChI is InChI=1S/C30H30BrN3O/c1-20-8-11-26(12-9-20)34-29(35)30(21(2)32-34)19-24-18-25(31)10-13-27(24)33-15-14-23(17-28(30)33)16-22-6-4-3-5-7-22/h3-13,18,23,28H,14-17,19H2,1-2H3/t23-,28+,30+/m0/s1. The van der Waals surface area contributed by atoms with Gasteiger partial charge in [0.15, 0.2) is 0 Å². The van der Waals surface area contributed by atoms with Crippen molar-refractivity contribution in [2.24, 2.45) is 16.4 Å². The molecule has 3 heterocycles. The predicted octanol–water partition coefficient (Wildman–Crippen LogP) is 6.55. The van der Waals surface area contributed by atoms with Gasteiger partial charge in [-0.25, -0.2) is 0 Å². The lowest BCUT2D eigenvalue weighted by molar-refractivity contribution is -0.125. The molecule has 6 rings (SSSR count). The maximum atomic E-state index is 14.4. The Hall–Kier alpha value is -2.92. The number of carbonyl (C=O) groups excluding carboxylic acids is 1. The predicted molar refractivity (Wildman–Crippen MR) is 146 cm³/mol. The van der Waals surface area contributed by atoms with Crippen LogP contribution in [0.25, 0.3) is 0 Å². The summed E-state index contributed by atoms with van der Waals surface area (Å²) in [6, 6.07) is 25.5. The van der Waals surface area contributed by atoms with Crippen LogP contribution in [0, 0.1) is 18.3 Å². The van der Waals surface area contributed by atoms with E-state index in [-0.39, 0.29) is 11.9 Å². The Bertz CT molecular complexity index is 1300. The minimum absolute atomic E-state index is 0.102. The maximum Gasteiger partial charge on any atom is 0.261 e. The second kappa shape index (κ2) is 8.63. The highest BCUT2D eigenvalue weighted by molar-refractivity contribution is 9.10. The second-order valence-electron chi connectivity index (χ2n) is 10.3. The smallest absolute Gasteiger partial charge is 0.261 e. The number of hydrazone groups is 1. The van der Waals surface area contributed by atoms with Crippen molar-refractivity contribution >= 4 is 38.9 Å². The Labute approximate surface area is 215 Å². The summed E-state index contributed by atoms with van der Waals surface area (Å²) >= 11 is 3.66. The SMILES string of the molecule is CC1=NN(c2ccc(C)cc2)C(=O)[C@]12Cc1cc(Br)ccc1N1CC[C@@H](Cc3ccccc3)C[C@@H]12. The number of piperidine rings is 1. The van der Waals surface area contributed by atoms with Crippen LogP contribution in [-0.2, 0) is 17.6 Å². The molecule has 0 aliphatic carbocycles. The molecule has 1 fully saturated rings. The lowest BCUT2D eigenvalue weighted by Gasteiger charge is -2.52. The van der Waals surface area contributed by atoms with Gasteiger partial charge in [-0.15, -0.1) is 0 Å². The molecule has 1 amide bonds. The van der Waals surface area contributed by atoms with Gasteiger partial charge in [-0.05, 0) is 86.9 Å². The number of aryl methyl sites for hydroxylation is 1. The molecule has 3 aromatic rings. The van der Waals surface area contributed by atoms with Crippen molar-refractivity contribution in [3.8, 4) is 0 Å². The number of hydrogen-bond donors (Lipinski definition) is 0. The van der Waals surface area contributed by atoms with E-state index in [0.29, 0.717) is 12.3 Å². The Morgan fingerprint density at radius 1 is 1.03 bits per heavy atom. The third-order valence-corrected chi connectivity index (χ3v) is 8.71. The van der Waals surface area contributed by atoms with E-state index in [2.05, 4.69) is 95.3 Å². The minimum Gasteiger partial charge on any atom is -0.367 e. The topological polar surface area (TPSA) is 35.9 Å². The fourth-order valence-corrected chi connectivity index (χ4v) is 6.81. The molecule has 3 atom stereocenters. The molecule has 0 aromatic heterocycles. The third kappa shape index (κ3) is 3.72. The highest BCUT2D eigenvalue weighted by Gasteiger charge is 2.59. The molecule has 3 aliphatic rings. The zero-order chi connectivity index (χ0) is 24.2. The first-order valence-electron chi connectivity index (χ1n) is 12.5. The molecular weight excluding hydrogens is 498 g/mol. The van der Waals surface area contributed by atoms with E-state index in [4.69, 9.17) is 5.10 Å². The summed E-state index contributed by atoms with van der Waals surface area (Å²) in [4.78, 5) is 16.9. The fourth-order valence-electron chi connectivity index (χ4n) is 6.40. The van der Waals surface area contributed by atoms with E-state index < -0.39 is 5.41 Å². The lowest BCUT2D eigenvalue weighted by atomic mass is 9.64. The number of carbonyl (C=O) groups is 1. The molecule has 1 spiro atoms. The van der Waals surface area contributed by atoms with Crippen LogP contribution in [0.2, 0.25) is 0 Å². The van der Waals surface area contributed by atoms with Crippen molar-refractivity contribution in [2.75, 3.05) is 16.5 Å². The van der Waals surface area contributed by atoms with Crippen molar-refractivity contribution in [3.05, 3.63) is 94.0 Å². The zero-order valence-corrected chi connectivity index (χ0v) is 21.8. The normalized spacial score (nSPS) is 25.5. The van der Waals surface area contributed by atoms with Gasteiger partial charge in [0, 0.05) is 22.7 Å². The third-order valence-electron chi connectivity index (χ3n) is 8.22. The number of benzene rings is 3. The molecule has 3 aromatic carbocycles. The molecule has 3 aliphatic heterocycles. The van der Waals surface area contributed by atoms with Crippen LogP contribution < -0.4 is 9.91 Å². The van der Waals surface area contributed by atoms with Gasteiger partial charge in [0.2, 0.25) is 0 Å². The molecule has 4 nitrogen and oxygen atoms in total. The van der Waals surface area contributed by atoms with Gasteiger partial charge in [0.05, 0.1) is 11.4 Å². The van der Waals surface area contributed by atoms with Crippen molar-refractivity contribution in [2.45, 2.75) is 45.6 Å². The number of hydrogen-bond acceptors (Lipinski definition) is 3. The summed E-state index contributed by atoms with van der Waals surface area (Å²) in [5.74, 6) is 0.654. The number of rotatable bonds is 3. The number of halogens is 1. The minimum atomic E-state index is -0.645. The first-order chi connectivity index (χ1) is 17.0. The van der Waals surface area contributed by atoms with Crippen LogP contribution in [0.4, 0.5) is 11.4 Å². The molecule has 0 saturated carbocycles. The molecule has 0 unspecified atom stereocenters. The summed E-state index contributed by atoms with van der Waals surface area (Å²) < 4.78 is 1.05. The fraction of sp³-hybridized carbons (Fsp3) is 0.333. The Balaban J connectivity index is 1.41. The molecule has 0 radical (unpaired) electrons. The Kier molecular flexibility index (Phi) is 5.56. The van der Waals surface area contributed by atoms with E-state index in [1.807, 2.05) is 12.1 Å². The first kappa shape index (κ1) is 22.5. The summed E-state index contributed by atoms with van der Waals surface area (Å²) in [6.07, 6.45) is 3.87. The van der Waals surface area contributed by atoms with E-state index in [0.717, 1.165) is 41.7 Å². The van der Waals surface area contributed by atoms with Gasteiger partial charge in [0.1, 0.15) is 5.41 Å². The Morgan fingerprint density at radius 3 is 2.57 bits per heavy atom. The van der Waals surface area contributed by atoms with E-state index >= 15 is 0 Å². The monoisotopic (exact) mass is 527 g/mol. The van der Waals surface area contributed by atoms with Gasteiger partial charge in [-0.2, -0.15) is 10.1 Å². The number of fused-ring (bicyclic) bond motifs is 4. The van der Waals surface area contributed by atoms with E-state index in [1.54, 1.807) is 5.01 Å². The largest absolute Gasteiger partial charge is 0.367 e. The van der Waals surface area contributed by atoms with Crippen LogP contribution >= 0.6 is 15.9 Å². The second-order valence-corrected chi connectivity index (χ2v) is 11.3.